The molecule has 0 aliphatic carbocycles. The van der Waals surface area contributed by atoms with Gasteiger partial charge in [-0.25, -0.2) is 8.78 Å². The SMILES string of the molecule is CN(C(=O)c1ccccc1)c1c(-c2c(I)cc(C(F)(C(F)(F)F)C(F)(F)C(F)(F)F)cc2I)ccc(C(N)=O)c1F. The van der Waals surface area contributed by atoms with Gasteiger partial charge in [-0.2, -0.15) is 35.1 Å². The standard InChI is InChI=1S/C25H14F10I2N2O2/c1-39(21(41)11-5-3-2-4-6-11)19-13(7-8-14(18(19)26)20(38)40)17-15(36)9-12(10-16(17)37)22(27,24(30,31)32)23(28,29)25(33,34)35/h2-10H,1H3,(H2,38,40). The van der Waals surface area contributed by atoms with Gasteiger partial charge >= 0.3 is 23.9 Å². The summed E-state index contributed by atoms with van der Waals surface area (Å²) in [5.74, 6) is -10.3. The minimum Gasteiger partial charge on any atom is -0.366 e. The van der Waals surface area contributed by atoms with Gasteiger partial charge in [-0.3, -0.25) is 9.59 Å². The number of carbonyl (C=O) groups excluding carboxylic acids is 2. The first-order valence-electron chi connectivity index (χ1n) is 10.8. The third kappa shape index (κ3) is 5.60. The first kappa shape index (κ1) is 32.9. The van der Waals surface area contributed by atoms with Gasteiger partial charge in [0.15, 0.2) is 5.82 Å². The van der Waals surface area contributed by atoms with E-state index in [1.54, 1.807) is 6.07 Å². The Bertz CT molecular complexity index is 1490. The Kier molecular flexibility index (Phi) is 8.99. The van der Waals surface area contributed by atoms with E-state index in [0.29, 0.717) is 0 Å². The molecule has 16 heteroatoms. The number of primary amides is 1. The minimum absolute atomic E-state index is 0.0475. The van der Waals surface area contributed by atoms with Crippen molar-refractivity contribution >= 4 is 62.7 Å². The number of amides is 2. The van der Waals surface area contributed by atoms with Crippen molar-refractivity contribution in [2.75, 3.05) is 11.9 Å². The molecule has 220 valence electrons. The predicted octanol–water partition coefficient (Wildman–Crippen LogP) is 8.00. The summed E-state index contributed by atoms with van der Waals surface area (Å²) >= 11 is 2.51. The molecule has 1 unspecified atom stereocenters. The average molecular weight is 818 g/mol. The number of nitrogens with two attached hydrogens (primary N) is 1. The minimum atomic E-state index is -6.92. The maximum atomic E-state index is 15.6. The molecular formula is C25H14F10I2N2O2. The maximum Gasteiger partial charge on any atom is 0.457 e. The molecule has 0 heterocycles. The normalized spacial score (nSPS) is 14.0. The summed E-state index contributed by atoms with van der Waals surface area (Å²) in [6.07, 6.45) is -13.6. The van der Waals surface area contributed by atoms with Crippen LogP contribution in [0.3, 0.4) is 0 Å². The smallest absolute Gasteiger partial charge is 0.366 e. The van der Waals surface area contributed by atoms with Crippen molar-refractivity contribution in [2.45, 2.75) is 23.9 Å². The number of benzene rings is 3. The van der Waals surface area contributed by atoms with Crippen LogP contribution in [0.15, 0.2) is 54.6 Å². The summed E-state index contributed by atoms with van der Waals surface area (Å²) in [6, 6.07) is 9.46. The highest BCUT2D eigenvalue weighted by Gasteiger charge is 2.81. The molecular weight excluding hydrogens is 804 g/mol. The van der Waals surface area contributed by atoms with Crippen molar-refractivity contribution in [3.05, 3.63) is 84.2 Å². The molecule has 2 amide bonds. The topological polar surface area (TPSA) is 63.4 Å². The van der Waals surface area contributed by atoms with E-state index in [-0.39, 0.29) is 28.8 Å². The van der Waals surface area contributed by atoms with Gasteiger partial charge in [-0.1, -0.05) is 24.3 Å². The molecule has 4 nitrogen and oxygen atoms in total. The molecule has 0 aromatic heterocycles. The van der Waals surface area contributed by atoms with Crippen LogP contribution in [-0.2, 0) is 5.67 Å². The number of hydrogen-bond acceptors (Lipinski definition) is 2. The Hall–Kier alpha value is -2.64. The first-order valence-corrected chi connectivity index (χ1v) is 13.0. The third-order valence-electron chi connectivity index (χ3n) is 5.93. The van der Waals surface area contributed by atoms with E-state index in [1.807, 2.05) is 0 Å². The number of anilines is 1. The lowest BCUT2D eigenvalue weighted by molar-refractivity contribution is -0.389. The molecule has 0 radical (unpaired) electrons. The van der Waals surface area contributed by atoms with Crippen LogP contribution in [0.2, 0.25) is 0 Å². The number of carbonyl (C=O) groups is 2. The number of alkyl halides is 9. The molecule has 0 aliphatic rings. The van der Waals surface area contributed by atoms with Crippen LogP contribution >= 0.6 is 45.2 Å². The summed E-state index contributed by atoms with van der Waals surface area (Å²) in [6.45, 7) is 0. The molecule has 3 rings (SSSR count). The van der Waals surface area contributed by atoms with Crippen molar-refractivity contribution in [1.82, 2.24) is 0 Å². The van der Waals surface area contributed by atoms with E-state index in [2.05, 4.69) is 0 Å². The Morgan fingerprint density at radius 2 is 1.32 bits per heavy atom. The van der Waals surface area contributed by atoms with Gasteiger partial charge in [0, 0.05) is 36.4 Å². The number of hydrogen-bond donors (Lipinski definition) is 1. The van der Waals surface area contributed by atoms with Crippen molar-refractivity contribution in [2.24, 2.45) is 5.73 Å². The quantitative estimate of drug-likeness (QED) is 0.203. The van der Waals surface area contributed by atoms with E-state index < -0.39 is 65.5 Å². The zero-order valence-corrected chi connectivity index (χ0v) is 24.4. The highest BCUT2D eigenvalue weighted by atomic mass is 127. The van der Waals surface area contributed by atoms with Gasteiger partial charge in [0.1, 0.15) is 0 Å². The van der Waals surface area contributed by atoms with Crippen LogP contribution in [0.1, 0.15) is 26.3 Å². The van der Waals surface area contributed by atoms with Crippen molar-refractivity contribution in [3.63, 3.8) is 0 Å². The van der Waals surface area contributed by atoms with E-state index >= 15 is 8.78 Å². The van der Waals surface area contributed by atoms with Crippen molar-refractivity contribution in [3.8, 4) is 11.1 Å². The van der Waals surface area contributed by atoms with Gasteiger partial charge < -0.3 is 10.6 Å². The Morgan fingerprint density at radius 1 is 0.805 bits per heavy atom. The molecule has 0 spiro atoms. The summed E-state index contributed by atoms with van der Waals surface area (Å²) in [7, 11) is 1.09. The summed E-state index contributed by atoms with van der Waals surface area (Å²) in [4.78, 5) is 25.7. The zero-order chi connectivity index (χ0) is 31.3. The lowest BCUT2D eigenvalue weighted by Crippen LogP contribution is -2.59. The molecule has 2 N–H and O–H groups in total. The van der Waals surface area contributed by atoms with Crippen LogP contribution in [0, 0.1) is 13.0 Å². The fraction of sp³-hybridized carbons (Fsp3) is 0.200. The summed E-state index contributed by atoms with van der Waals surface area (Å²) in [5.41, 5.74) is -4.87. The summed E-state index contributed by atoms with van der Waals surface area (Å²) < 4.78 is 138. The number of halogens is 12. The monoisotopic (exact) mass is 818 g/mol. The van der Waals surface area contributed by atoms with Gasteiger partial charge in [-0.15, -0.1) is 0 Å². The largest absolute Gasteiger partial charge is 0.457 e. The molecule has 3 aromatic carbocycles. The molecule has 0 saturated carbocycles. The average Bonchev–Trinajstić information content (AvgIpc) is 2.85. The molecule has 3 aromatic rings. The van der Waals surface area contributed by atoms with E-state index in [0.717, 1.165) is 24.1 Å². The van der Waals surface area contributed by atoms with Crippen molar-refractivity contribution in [1.29, 1.82) is 0 Å². The zero-order valence-electron chi connectivity index (χ0n) is 20.1. The van der Waals surface area contributed by atoms with Gasteiger partial charge in [0.2, 0.25) is 0 Å². The molecule has 0 aliphatic heterocycles. The molecule has 0 bridgehead atoms. The highest BCUT2D eigenvalue weighted by molar-refractivity contribution is 14.1. The van der Waals surface area contributed by atoms with Gasteiger partial charge in [0.05, 0.1) is 11.3 Å². The van der Waals surface area contributed by atoms with Crippen LogP contribution < -0.4 is 10.6 Å². The van der Waals surface area contributed by atoms with Gasteiger partial charge in [-0.05, 0) is 75.5 Å². The predicted molar refractivity (Wildman–Crippen MR) is 145 cm³/mol. The maximum absolute atomic E-state index is 15.6. The van der Waals surface area contributed by atoms with E-state index in [9.17, 15) is 44.7 Å². The lowest BCUT2D eigenvalue weighted by atomic mass is 9.86. The van der Waals surface area contributed by atoms with Gasteiger partial charge in [0.25, 0.3) is 11.8 Å². The molecule has 41 heavy (non-hydrogen) atoms. The second-order valence-electron chi connectivity index (χ2n) is 8.46. The second-order valence-corrected chi connectivity index (χ2v) is 10.8. The Balaban J connectivity index is 2.34. The van der Waals surface area contributed by atoms with E-state index in [4.69, 9.17) is 5.73 Å². The summed E-state index contributed by atoms with van der Waals surface area (Å²) in [5, 5.41) is 0. The van der Waals surface area contributed by atoms with Crippen LogP contribution in [0.5, 0.6) is 0 Å². The number of rotatable bonds is 6. The third-order valence-corrected chi connectivity index (χ3v) is 7.63. The lowest BCUT2D eigenvalue weighted by Gasteiger charge is -2.36. The number of nitrogens with zero attached hydrogens (tertiary/aromatic N) is 1. The molecule has 0 saturated heterocycles. The van der Waals surface area contributed by atoms with Crippen molar-refractivity contribution < 1.29 is 53.5 Å². The highest BCUT2D eigenvalue weighted by Crippen LogP contribution is 2.59. The van der Waals surface area contributed by atoms with Crippen LogP contribution in [0.4, 0.5) is 49.6 Å². The molecule has 0 fully saturated rings. The van der Waals surface area contributed by atoms with E-state index in [1.165, 1.54) is 69.4 Å². The Morgan fingerprint density at radius 3 is 1.76 bits per heavy atom. The Labute approximate surface area is 252 Å². The van der Waals surface area contributed by atoms with Crippen LogP contribution in [0.25, 0.3) is 11.1 Å². The second kappa shape index (κ2) is 11.2. The fourth-order valence-electron chi connectivity index (χ4n) is 3.91. The fourth-order valence-corrected chi connectivity index (χ4v) is 6.26. The molecule has 1 atom stereocenters. The first-order chi connectivity index (χ1) is 18.7. The van der Waals surface area contributed by atoms with Crippen LogP contribution in [-0.4, -0.2) is 37.1 Å².